The molecule has 0 saturated heterocycles. The van der Waals surface area contributed by atoms with Crippen LogP contribution in [-0.4, -0.2) is 30.6 Å². The minimum absolute atomic E-state index is 0.350. The van der Waals surface area contributed by atoms with Gasteiger partial charge in [0.2, 0.25) is 0 Å². The van der Waals surface area contributed by atoms with Crippen molar-refractivity contribution < 1.29 is 0 Å². The molecular weight excluding hydrogens is 251 g/mol. The normalized spacial score (nSPS) is 10.4. The maximum atomic E-state index is 5.94. The molecule has 0 bridgehead atoms. The minimum Gasteiger partial charge on any atom is -0.359 e. The van der Waals surface area contributed by atoms with Crippen molar-refractivity contribution in [3.8, 4) is 0 Å². The van der Waals surface area contributed by atoms with Crippen LogP contribution in [0.4, 0.5) is 5.82 Å². The van der Waals surface area contributed by atoms with Gasteiger partial charge in [-0.15, -0.1) is 11.6 Å². The second-order valence-electron chi connectivity index (χ2n) is 3.15. The van der Waals surface area contributed by atoms with E-state index in [2.05, 4.69) is 16.1 Å². The molecule has 0 atom stereocenters. The van der Waals surface area contributed by atoms with Gasteiger partial charge in [0.15, 0.2) is 0 Å². The maximum Gasteiger partial charge on any atom is 0.128 e. The fourth-order valence-electron chi connectivity index (χ4n) is 1.12. The van der Waals surface area contributed by atoms with E-state index < -0.39 is 0 Å². The highest BCUT2D eigenvalue weighted by atomic mass is 35.5. The Balaban J connectivity index is 2.76. The first-order chi connectivity index (χ1) is 7.19. The molecule has 0 spiro atoms. The van der Waals surface area contributed by atoms with Crippen LogP contribution < -0.4 is 4.90 Å². The van der Waals surface area contributed by atoms with Crippen LogP contribution in [0.2, 0.25) is 5.02 Å². The van der Waals surface area contributed by atoms with Crippen LogP contribution >= 0.6 is 35.0 Å². The highest BCUT2D eigenvalue weighted by Crippen LogP contribution is 2.20. The van der Waals surface area contributed by atoms with Crippen molar-refractivity contribution in [2.24, 2.45) is 0 Å². The van der Waals surface area contributed by atoms with Gasteiger partial charge in [-0.3, -0.25) is 0 Å². The number of aromatic nitrogens is 1. The zero-order valence-electron chi connectivity index (χ0n) is 8.83. The largest absolute Gasteiger partial charge is 0.359 e. The zero-order chi connectivity index (χ0) is 11.3. The quantitative estimate of drug-likeness (QED) is 0.760. The summed E-state index contributed by atoms with van der Waals surface area (Å²) < 4.78 is 0. The molecule has 1 rings (SSSR count). The molecule has 0 aromatic carbocycles. The number of alkyl halides is 1. The van der Waals surface area contributed by atoms with Crippen LogP contribution in [0.5, 0.6) is 0 Å². The molecule has 1 aromatic heterocycles. The van der Waals surface area contributed by atoms with E-state index in [1.54, 1.807) is 0 Å². The van der Waals surface area contributed by atoms with Crippen LogP contribution in [0.15, 0.2) is 12.1 Å². The molecule has 0 aliphatic heterocycles. The molecule has 0 N–H and O–H groups in total. The molecule has 2 nitrogen and oxygen atoms in total. The molecule has 0 saturated carbocycles. The maximum absolute atomic E-state index is 5.94. The van der Waals surface area contributed by atoms with Gasteiger partial charge in [0, 0.05) is 19.3 Å². The van der Waals surface area contributed by atoms with Gasteiger partial charge in [0.1, 0.15) is 5.82 Å². The fourth-order valence-corrected chi connectivity index (χ4v) is 2.02. The summed E-state index contributed by atoms with van der Waals surface area (Å²) in [6.45, 7) is 0.970. The van der Waals surface area contributed by atoms with E-state index in [-0.39, 0.29) is 0 Å². The van der Waals surface area contributed by atoms with Crippen molar-refractivity contribution in [1.82, 2.24) is 4.98 Å². The Labute approximate surface area is 105 Å². The Morgan fingerprint density at radius 2 is 2.20 bits per heavy atom. The van der Waals surface area contributed by atoms with E-state index in [9.17, 15) is 0 Å². The van der Waals surface area contributed by atoms with Crippen molar-refractivity contribution in [3.63, 3.8) is 0 Å². The summed E-state index contributed by atoms with van der Waals surface area (Å²) in [5, 5.41) is 0.631. The summed E-state index contributed by atoms with van der Waals surface area (Å²) in [5.41, 5.74) is 0.742. The molecule has 0 aliphatic rings. The lowest BCUT2D eigenvalue weighted by atomic mass is 10.3. The predicted molar refractivity (Wildman–Crippen MR) is 70.5 cm³/mol. The highest BCUT2D eigenvalue weighted by Gasteiger charge is 2.06. The van der Waals surface area contributed by atoms with Gasteiger partial charge in [-0.2, -0.15) is 11.8 Å². The Kier molecular flexibility index (Phi) is 5.58. The van der Waals surface area contributed by atoms with Crippen LogP contribution in [0.25, 0.3) is 0 Å². The van der Waals surface area contributed by atoms with Crippen molar-refractivity contribution in [2.45, 2.75) is 5.88 Å². The molecule has 84 valence electrons. The number of nitrogens with zero attached hydrogens (tertiary/aromatic N) is 2. The topological polar surface area (TPSA) is 16.1 Å². The van der Waals surface area contributed by atoms with Crippen molar-refractivity contribution >= 4 is 40.8 Å². The van der Waals surface area contributed by atoms with Crippen LogP contribution in [0.1, 0.15) is 5.69 Å². The number of anilines is 1. The number of rotatable bonds is 5. The van der Waals surface area contributed by atoms with Gasteiger partial charge >= 0.3 is 0 Å². The van der Waals surface area contributed by atoms with Crippen LogP contribution in [-0.2, 0) is 5.88 Å². The third-order valence-corrected chi connectivity index (χ3v) is 3.24. The van der Waals surface area contributed by atoms with E-state index >= 15 is 0 Å². The van der Waals surface area contributed by atoms with E-state index in [1.165, 1.54) is 0 Å². The van der Waals surface area contributed by atoms with Crippen molar-refractivity contribution in [1.29, 1.82) is 0 Å². The summed E-state index contributed by atoms with van der Waals surface area (Å²) in [4.78, 5) is 6.50. The van der Waals surface area contributed by atoms with Gasteiger partial charge in [0.25, 0.3) is 0 Å². The van der Waals surface area contributed by atoms with Crippen molar-refractivity contribution in [2.75, 3.05) is 30.5 Å². The Hall–Kier alpha value is -0.120. The van der Waals surface area contributed by atoms with Crippen LogP contribution in [0.3, 0.4) is 0 Å². The lowest BCUT2D eigenvalue weighted by molar-refractivity contribution is 0.936. The van der Waals surface area contributed by atoms with E-state index in [4.69, 9.17) is 23.2 Å². The third-order valence-electron chi connectivity index (χ3n) is 2.05. The average Bonchev–Trinajstić information content (AvgIpc) is 2.26. The molecule has 15 heavy (non-hydrogen) atoms. The molecular formula is C10H14Cl2N2S. The number of thioether (sulfide) groups is 1. The Morgan fingerprint density at radius 1 is 1.47 bits per heavy atom. The first kappa shape index (κ1) is 12.9. The minimum atomic E-state index is 0.350. The monoisotopic (exact) mass is 264 g/mol. The highest BCUT2D eigenvalue weighted by molar-refractivity contribution is 7.98. The number of pyridine rings is 1. The van der Waals surface area contributed by atoms with Crippen LogP contribution in [0, 0.1) is 0 Å². The van der Waals surface area contributed by atoms with Crippen molar-refractivity contribution in [3.05, 3.63) is 22.8 Å². The van der Waals surface area contributed by atoms with Gasteiger partial charge < -0.3 is 4.90 Å². The lowest BCUT2D eigenvalue weighted by Crippen LogP contribution is -2.21. The summed E-state index contributed by atoms with van der Waals surface area (Å²) in [7, 11) is 2.02. The fraction of sp³-hybridized carbons (Fsp3) is 0.500. The molecule has 5 heteroatoms. The summed E-state index contributed by atoms with van der Waals surface area (Å²) in [6.07, 6.45) is 2.09. The standard InChI is InChI=1S/C10H14Cl2N2S/c1-14(5-6-15-2)10-4-3-8(12)9(7-11)13-10/h3-4H,5-7H2,1-2H3. The Bertz CT molecular complexity index is 320. The van der Waals surface area contributed by atoms with Gasteiger partial charge in [-0.05, 0) is 18.4 Å². The Morgan fingerprint density at radius 3 is 2.80 bits per heavy atom. The smallest absolute Gasteiger partial charge is 0.128 e. The van der Waals surface area contributed by atoms with E-state index in [0.717, 1.165) is 23.8 Å². The first-order valence-corrected chi connectivity index (χ1v) is 6.91. The first-order valence-electron chi connectivity index (χ1n) is 4.60. The number of halogens is 2. The van der Waals surface area contributed by atoms with Gasteiger partial charge in [0.05, 0.1) is 16.6 Å². The van der Waals surface area contributed by atoms with E-state index in [0.29, 0.717) is 10.9 Å². The molecule has 0 unspecified atom stereocenters. The second kappa shape index (κ2) is 6.46. The van der Waals surface area contributed by atoms with E-state index in [1.807, 2.05) is 30.9 Å². The second-order valence-corrected chi connectivity index (χ2v) is 4.81. The predicted octanol–water partition coefficient (Wildman–Crippen LogP) is 3.27. The van der Waals surface area contributed by atoms with Gasteiger partial charge in [-0.1, -0.05) is 11.6 Å². The molecule has 0 radical (unpaired) electrons. The lowest BCUT2D eigenvalue weighted by Gasteiger charge is -2.18. The number of hydrogen-bond donors (Lipinski definition) is 0. The molecule has 1 heterocycles. The molecule has 0 aliphatic carbocycles. The average molecular weight is 265 g/mol. The zero-order valence-corrected chi connectivity index (χ0v) is 11.2. The molecule has 0 fully saturated rings. The van der Waals surface area contributed by atoms with Gasteiger partial charge in [-0.25, -0.2) is 4.98 Å². The summed E-state index contributed by atoms with van der Waals surface area (Å²) in [5.74, 6) is 2.35. The molecule has 1 aromatic rings. The summed E-state index contributed by atoms with van der Waals surface area (Å²) in [6, 6.07) is 3.76. The summed E-state index contributed by atoms with van der Waals surface area (Å²) >= 11 is 13.5. The third kappa shape index (κ3) is 3.74. The molecule has 0 amide bonds. The SMILES string of the molecule is CSCCN(C)c1ccc(Cl)c(CCl)n1. The number of hydrogen-bond acceptors (Lipinski definition) is 3.